The number of allylic oxidation sites excluding steroid dienone is 2. The van der Waals surface area contributed by atoms with Crippen LogP contribution in [0.2, 0.25) is 0 Å². The topological polar surface area (TPSA) is 72.6 Å². The second-order valence-electron chi connectivity index (χ2n) is 3.62. The Morgan fingerprint density at radius 1 is 1.60 bits per heavy atom. The molecule has 0 radical (unpaired) electrons. The third-order valence-corrected chi connectivity index (χ3v) is 2.60. The molecule has 1 heterocycles. The van der Waals surface area contributed by atoms with Gasteiger partial charge in [-0.1, -0.05) is 18.2 Å². The van der Waals surface area contributed by atoms with E-state index in [0.717, 1.165) is 12.0 Å². The van der Waals surface area contributed by atoms with Crippen LogP contribution >= 0.6 is 0 Å². The predicted octanol–water partition coefficient (Wildman–Crippen LogP) is 0.815. The van der Waals surface area contributed by atoms with Crippen LogP contribution in [0.25, 0.3) is 0 Å². The lowest BCUT2D eigenvalue weighted by Crippen LogP contribution is -2.22. The Bertz CT molecular complexity index is 368. The van der Waals surface area contributed by atoms with Gasteiger partial charge < -0.3 is 15.6 Å². The van der Waals surface area contributed by atoms with Crippen LogP contribution in [0.5, 0.6) is 0 Å². The van der Waals surface area contributed by atoms with E-state index >= 15 is 0 Å². The quantitative estimate of drug-likeness (QED) is 0.718. The highest BCUT2D eigenvalue weighted by atomic mass is 16.5. The van der Waals surface area contributed by atoms with Crippen LogP contribution in [0, 0.1) is 5.92 Å². The third-order valence-electron chi connectivity index (χ3n) is 2.60. The standard InChI is InChI=1S/C11H13NO3/c12-5-4-7-2-1-3-8-6-9(11(13)14)15-10(7)8/h1-3,6,8,10H,4-5,12H2,(H,13,14). The lowest BCUT2D eigenvalue weighted by molar-refractivity contribution is -0.136. The number of nitrogens with two attached hydrogens (primary N) is 1. The monoisotopic (exact) mass is 207 g/mol. The summed E-state index contributed by atoms with van der Waals surface area (Å²) in [5.41, 5.74) is 6.55. The molecule has 2 unspecified atom stereocenters. The zero-order valence-corrected chi connectivity index (χ0v) is 8.22. The molecule has 0 saturated carbocycles. The minimum atomic E-state index is -1.01. The summed E-state index contributed by atoms with van der Waals surface area (Å²) in [4.78, 5) is 10.7. The summed E-state index contributed by atoms with van der Waals surface area (Å²) in [6.45, 7) is 0.550. The van der Waals surface area contributed by atoms with Crippen molar-refractivity contribution in [2.24, 2.45) is 11.7 Å². The minimum absolute atomic E-state index is 0.0412. The maximum Gasteiger partial charge on any atom is 0.370 e. The second-order valence-corrected chi connectivity index (χ2v) is 3.62. The lowest BCUT2D eigenvalue weighted by Gasteiger charge is -2.22. The molecule has 0 aromatic rings. The molecule has 80 valence electrons. The van der Waals surface area contributed by atoms with Crippen LogP contribution in [0.1, 0.15) is 6.42 Å². The first-order valence-corrected chi connectivity index (χ1v) is 4.91. The van der Waals surface area contributed by atoms with Crippen LogP contribution in [-0.2, 0) is 9.53 Å². The number of rotatable bonds is 3. The maximum absolute atomic E-state index is 10.7. The van der Waals surface area contributed by atoms with Gasteiger partial charge in [-0.05, 0) is 24.6 Å². The molecule has 0 bridgehead atoms. The van der Waals surface area contributed by atoms with Crippen molar-refractivity contribution >= 4 is 5.97 Å². The molecular weight excluding hydrogens is 194 g/mol. The van der Waals surface area contributed by atoms with Crippen molar-refractivity contribution in [1.82, 2.24) is 0 Å². The van der Waals surface area contributed by atoms with Crippen LogP contribution < -0.4 is 5.73 Å². The van der Waals surface area contributed by atoms with Gasteiger partial charge >= 0.3 is 5.97 Å². The van der Waals surface area contributed by atoms with Crippen molar-refractivity contribution in [1.29, 1.82) is 0 Å². The zero-order valence-electron chi connectivity index (χ0n) is 8.22. The molecule has 15 heavy (non-hydrogen) atoms. The summed E-state index contributed by atoms with van der Waals surface area (Å²) >= 11 is 0. The van der Waals surface area contributed by atoms with Gasteiger partial charge in [0.2, 0.25) is 5.76 Å². The fourth-order valence-corrected chi connectivity index (χ4v) is 1.91. The van der Waals surface area contributed by atoms with Crippen LogP contribution in [0.15, 0.2) is 35.6 Å². The Balaban J connectivity index is 2.16. The molecule has 2 rings (SSSR count). The highest BCUT2D eigenvalue weighted by molar-refractivity contribution is 5.85. The summed E-state index contributed by atoms with van der Waals surface area (Å²) in [5, 5.41) is 8.81. The number of fused-ring (bicyclic) bond motifs is 1. The van der Waals surface area contributed by atoms with E-state index < -0.39 is 5.97 Å². The van der Waals surface area contributed by atoms with E-state index in [-0.39, 0.29) is 17.8 Å². The maximum atomic E-state index is 10.7. The summed E-state index contributed by atoms with van der Waals surface area (Å²) in [6.07, 6.45) is 8.05. The molecule has 3 N–H and O–H groups in total. The molecule has 0 aromatic heterocycles. The average molecular weight is 207 g/mol. The fraction of sp³-hybridized carbons (Fsp3) is 0.364. The summed E-state index contributed by atoms with van der Waals surface area (Å²) in [5.74, 6) is -0.924. The van der Waals surface area contributed by atoms with Crippen molar-refractivity contribution < 1.29 is 14.6 Å². The number of carboxylic acids is 1. The van der Waals surface area contributed by atoms with Crippen molar-refractivity contribution in [3.05, 3.63) is 35.6 Å². The van der Waals surface area contributed by atoms with Crippen LogP contribution in [-0.4, -0.2) is 23.7 Å². The van der Waals surface area contributed by atoms with Crippen molar-refractivity contribution in [2.75, 3.05) is 6.54 Å². The number of carboxylic acid groups (broad SMARTS) is 1. The average Bonchev–Trinajstić information content (AvgIpc) is 2.63. The first-order chi connectivity index (χ1) is 7.22. The van der Waals surface area contributed by atoms with E-state index in [1.807, 2.05) is 18.2 Å². The number of ether oxygens (including phenoxy) is 1. The molecule has 0 aromatic carbocycles. The molecule has 0 fully saturated rings. The van der Waals surface area contributed by atoms with Gasteiger partial charge in [0.15, 0.2) is 0 Å². The smallest absolute Gasteiger partial charge is 0.370 e. The second kappa shape index (κ2) is 3.90. The van der Waals surface area contributed by atoms with Crippen LogP contribution in [0.4, 0.5) is 0 Å². The van der Waals surface area contributed by atoms with Crippen LogP contribution in [0.3, 0.4) is 0 Å². The number of hydrogen-bond acceptors (Lipinski definition) is 3. The van der Waals surface area contributed by atoms with Gasteiger partial charge in [0, 0.05) is 5.92 Å². The Morgan fingerprint density at radius 3 is 3.07 bits per heavy atom. The highest BCUT2D eigenvalue weighted by Gasteiger charge is 2.33. The largest absolute Gasteiger partial charge is 0.478 e. The van der Waals surface area contributed by atoms with Crippen molar-refractivity contribution in [3.8, 4) is 0 Å². The molecular formula is C11H13NO3. The molecule has 1 aliphatic carbocycles. The number of aliphatic carboxylic acids is 1. The summed E-state index contributed by atoms with van der Waals surface area (Å²) < 4.78 is 5.38. The fourth-order valence-electron chi connectivity index (χ4n) is 1.91. The minimum Gasteiger partial charge on any atom is -0.478 e. The third kappa shape index (κ3) is 1.80. The summed E-state index contributed by atoms with van der Waals surface area (Å²) in [7, 11) is 0. The first kappa shape index (κ1) is 9.98. The van der Waals surface area contributed by atoms with E-state index in [2.05, 4.69) is 0 Å². The Hall–Kier alpha value is -1.55. The van der Waals surface area contributed by atoms with E-state index in [0.29, 0.717) is 6.54 Å². The molecule has 2 aliphatic rings. The Kier molecular flexibility index (Phi) is 2.60. The van der Waals surface area contributed by atoms with E-state index in [1.165, 1.54) is 0 Å². The van der Waals surface area contributed by atoms with Gasteiger partial charge in [-0.2, -0.15) is 0 Å². The molecule has 2 atom stereocenters. The van der Waals surface area contributed by atoms with E-state index in [9.17, 15) is 4.79 Å². The van der Waals surface area contributed by atoms with E-state index in [4.69, 9.17) is 15.6 Å². The van der Waals surface area contributed by atoms with Gasteiger partial charge in [-0.3, -0.25) is 0 Å². The SMILES string of the molecule is NCCC1=CC=CC2C=C(C(=O)O)OC12. The van der Waals surface area contributed by atoms with E-state index in [1.54, 1.807) is 6.08 Å². The Labute approximate surface area is 87.7 Å². The van der Waals surface area contributed by atoms with Gasteiger partial charge in [0.05, 0.1) is 0 Å². The highest BCUT2D eigenvalue weighted by Crippen LogP contribution is 2.33. The molecule has 0 amide bonds. The van der Waals surface area contributed by atoms with Crippen molar-refractivity contribution in [3.63, 3.8) is 0 Å². The normalized spacial score (nSPS) is 27.8. The molecule has 4 nitrogen and oxygen atoms in total. The molecule has 4 heteroatoms. The van der Waals surface area contributed by atoms with Gasteiger partial charge in [0.1, 0.15) is 6.10 Å². The van der Waals surface area contributed by atoms with Crippen molar-refractivity contribution in [2.45, 2.75) is 12.5 Å². The first-order valence-electron chi connectivity index (χ1n) is 4.91. The number of hydrogen-bond donors (Lipinski definition) is 2. The van der Waals surface area contributed by atoms with Gasteiger partial charge in [-0.15, -0.1) is 0 Å². The molecule has 1 aliphatic heterocycles. The predicted molar refractivity (Wildman–Crippen MR) is 55.0 cm³/mol. The summed E-state index contributed by atoms with van der Waals surface area (Å²) in [6, 6.07) is 0. The number of carbonyl (C=O) groups is 1. The van der Waals surface area contributed by atoms with Gasteiger partial charge in [-0.25, -0.2) is 4.79 Å². The Morgan fingerprint density at radius 2 is 2.40 bits per heavy atom. The van der Waals surface area contributed by atoms with Gasteiger partial charge in [0.25, 0.3) is 0 Å². The molecule has 0 saturated heterocycles. The molecule has 0 spiro atoms. The lowest BCUT2D eigenvalue weighted by atomic mass is 9.90. The zero-order chi connectivity index (χ0) is 10.8.